The summed E-state index contributed by atoms with van der Waals surface area (Å²) in [6.07, 6.45) is 2.76. The number of piperazine rings is 1. The van der Waals surface area contributed by atoms with Crippen molar-refractivity contribution in [2.75, 3.05) is 24.8 Å². The van der Waals surface area contributed by atoms with Crippen molar-refractivity contribution in [2.45, 2.75) is 75.5 Å². The average Bonchev–Trinajstić information content (AvgIpc) is 3.23. The van der Waals surface area contributed by atoms with Gasteiger partial charge in [-0.15, -0.1) is 0 Å². The van der Waals surface area contributed by atoms with Crippen LogP contribution in [0.5, 0.6) is 11.8 Å². The van der Waals surface area contributed by atoms with Gasteiger partial charge >= 0.3 is 6.09 Å². The smallest absolute Gasteiger partial charge is 0.410 e. The molecule has 1 amide bonds. The first-order valence-corrected chi connectivity index (χ1v) is 15.6. The second kappa shape index (κ2) is 10.1. The highest BCUT2D eigenvalue weighted by molar-refractivity contribution is 7.98. The van der Waals surface area contributed by atoms with E-state index in [1.807, 2.05) is 63.1 Å². The highest BCUT2D eigenvalue weighted by Gasteiger charge is 2.53. The van der Waals surface area contributed by atoms with E-state index < -0.39 is 17.5 Å². The highest BCUT2D eigenvalue weighted by Crippen LogP contribution is 2.46. The Morgan fingerprint density at radius 2 is 1.91 bits per heavy atom. The normalized spacial score (nSPS) is 22.8. The molecular weight excluding hydrogens is 571 g/mol. The second-order valence-corrected chi connectivity index (χ2v) is 13.0. The SMILES string of the molecule is COc1cc2ccccc2c(-c2nc3c4c(nc(SC)nc4c2F)N2C[C@H]4CC[C@@H]([C@H]2[C@H](C)O3)N4C(=O)OC(C)(C)C)n1. The van der Waals surface area contributed by atoms with Crippen LogP contribution in [0.2, 0.25) is 0 Å². The minimum atomic E-state index is -0.613. The molecule has 4 atom stereocenters. The van der Waals surface area contributed by atoms with Crippen LogP contribution in [-0.2, 0) is 4.74 Å². The molecule has 3 aromatic heterocycles. The molecule has 0 spiro atoms. The van der Waals surface area contributed by atoms with Gasteiger partial charge in [0.05, 0.1) is 25.2 Å². The number of ether oxygens (including phenoxy) is 3. The molecule has 0 radical (unpaired) electrons. The molecule has 1 aromatic carbocycles. The van der Waals surface area contributed by atoms with Crippen LogP contribution in [0.25, 0.3) is 33.1 Å². The molecule has 43 heavy (non-hydrogen) atoms. The lowest BCUT2D eigenvalue weighted by atomic mass is 9.98. The van der Waals surface area contributed by atoms with Crippen molar-refractivity contribution in [2.24, 2.45) is 0 Å². The Labute approximate surface area is 252 Å². The molecule has 0 N–H and O–H groups in total. The summed E-state index contributed by atoms with van der Waals surface area (Å²) in [7, 11) is 1.53. The molecule has 4 aromatic rings. The topological polar surface area (TPSA) is 103 Å². The van der Waals surface area contributed by atoms with Gasteiger partial charge in [-0.05, 0) is 52.2 Å². The fraction of sp³-hybridized carbons (Fsp3) is 0.452. The monoisotopic (exact) mass is 604 g/mol. The van der Waals surface area contributed by atoms with Crippen LogP contribution in [0, 0.1) is 5.82 Å². The van der Waals surface area contributed by atoms with Gasteiger partial charge in [0.1, 0.15) is 39.8 Å². The predicted octanol–water partition coefficient (Wildman–Crippen LogP) is 5.85. The molecule has 2 bridgehead atoms. The average molecular weight is 605 g/mol. The maximum absolute atomic E-state index is 16.7. The number of halogens is 1. The number of benzene rings is 1. The van der Waals surface area contributed by atoms with Crippen LogP contribution in [0.1, 0.15) is 40.5 Å². The van der Waals surface area contributed by atoms with E-state index in [0.717, 1.165) is 23.6 Å². The van der Waals surface area contributed by atoms with Gasteiger partial charge in [0, 0.05) is 18.0 Å². The number of aromatic nitrogens is 4. The maximum atomic E-state index is 16.7. The molecule has 3 aliphatic heterocycles. The van der Waals surface area contributed by atoms with Gasteiger partial charge in [-0.1, -0.05) is 36.0 Å². The molecule has 6 heterocycles. The molecule has 2 fully saturated rings. The Hall–Kier alpha value is -3.93. The van der Waals surface area contributed by atoms with Crippen LogP contribution < -0.4 is 14.4 Å². The van der Waals surface area contributed by atoms with Crippen LogP contribution in [0.15, 0.2) is 35.5 Å². The molecule has 3 aliphatic rings. The summed E-state index contributed by atoms with van der Waals surface area (Å²) in [6.45, 7) is 8.09. The van der Waals surface area contributed by atoms with E-state index in [0.29, 0.717) is 34.5 Å². The summed E-state index contributed by atoms with van der Waals surface area (Å²) in [5, 5.41) is 2.42. The number of hydrogen-bond acceptors (Lipinski definition) is 10. The lowest BCUT2D eigenvalue weighted by Gasteiger charge is -2.48. The minimum Gasteiger partial charge on any atom is -0.481 e. The molecule has 224 valence electrons. The van der Waals surface area contributed by atoms with E-state index in [-0.39, 0.29) is 41.3 Å². The Morgan fingerprint density at radius 3 is 2.65 bits per heavy atom. The minimum absolute atomic E-state index is 0.0262. The summed E-state index contributed by atoms with van der Waals surface area (Å²) in [5.74, 6) is 0.553. The standard InChI is InChI=1S/C31H33FN6O4S/c1-15-26-19-12-11-17(38(19)30(39)42-31(2,3)4)14-37(26)27-21-24(35-29(36-27)43-6)22(32)25(34-28(21)41-15)23-18-10-8-7-9-16(18)13-20(33-23)40-5/h7-10,13,15,17,19,26H,11-12,14H2,1-6H3/t15-,17+,19-,26+/m0/s1. The lowest BCUT2D eigenvalue weighted by Crippen LogP contribution is -2.65. The van der Waals surface area contributed by atoms with Gasteiger partial charge in [-0.2, -0.15) is 0 Å². The van der Waals surface area contributed by atoms with Crippen molar-refractivity contribution in [3.8, 4) is 23.1 Å². The first kappa shape index (κ1) is 27.9. The third-order valence-corrected chi connectivity index (χ3v) is 8.96. The second-order valence-electron chi connectivity index (χ2n) is 12.2. The van der Waals surface area contributed by atoms with Crippen molar-refractivity contribution >= 4 is 45.3 Å². The number of thioether (sulfide) groups is 1. The zero-order valence-corrected chi connectivity index (χ0v) is 25.7. The Kier molecular flexibility index (Phi) is 6.53. The first-order chi connectivity index (χ1) is 20.6. The zero-order valence-electron chi connectivity index (χ0n) is 24.9. The third-order valence-electron chi connectivity index (χ3n) is 8.41. The van der Waals surface area contributed by atoms with Crippen LogP contribution in [0.4, 0.5) is 15.0 Å². The Bertz CT molecular complexity index is 1780. The quantitative estimate of drug-likeness (QED) is 0.209. The fourth-order valence-corrected chi connectivity index (χ4v) is 7.09. The van der Waals surface area contributed by atoms with Gasteiger partial charge in [0.2, 0.25) is 11.8 Å². The summed E-state index contributed by atoms with van der Waals surface area (Å²) in [5.41, 5.74) is -0.126. The van der Waals surface area contributed by atoms with Crippen LogP contribution in [-0.4, -0.2) is 80.7 Å². The summed E-state index contributed by atoms with van der Waals surface area (Å²) in [4.78, 5) is 36.4. The number of fused-ring (bicyclic) bond motifs is 6. The fourth-order valence-electron chi connectivity index (χ4n) is 6.73. The Balaban J connectivity index is 1.42. The van der Waals surface area contributed by atoms with Crippen molar-refractivity contribution in [1.82, 2.24) is 24.8 Å². The van der Waals surface area contributed by atoms with Crippen molar-refractivity contribution in [1.29, 1.82) is 0 Å². The predicted molar refractivity (Wildman–Crippen MR) is 162 cm³/mol. The number of pyridine rings is 2. The van der Waals surface area contributed by atoms with E-state index in [9.17, 15) is 4.79 Å². The molecule has 0 saturated carbocycles. The van der Waals surface area contributed by atoms with Gasteiger partial charge < -0.3 is 19.1 Å². The largest absolute Gasteiger partial charge is 0.481 e. The summed E-state index contributed by atoms with van der Waals surface area (Å²) < 4.78 is 34.6. The van der Waals surface area contributed by atoms with E-state index in [1.165, 1.54) is 18.9 Å². The van der Waals surface area contributed by atoms with Crippen molar-refractivity contribution in [3.05, 3.63) is 36.1 Å². The van der Waals surface area contributed by atoms with Gasteiger partial charge in [-0.25, -0.2) is 29.1 Å². The molecule has 10 nitrogen and oxygen atoms in total. The number of hydrogen-bond donors (Lipinski definition) is 0. The number of carbonyl (C=O) groups excluding carboxylic acids is 1. The maximum Gasteiger partial charge on any atom is 0.410 e. The van der Waals surface area contributed by atoms with E-state index >= 15 is 4.39 Å². The van der Waals surface area contributed by atoms with E-state index in [1.54, 1.807) is 6.07 Å². The molecule has 2 saturated heterocycles. The molecular formula is C31H33FN6O4S. The summed E-state index contributed by atoms with van der Waals surface area (Å²) in [6, 6.07) is 8.89. The molecule has 7 rings (SSSR count). The molecule has 12 heteroatoms. The highest BCUT2D eigenvalue weighted by atomic mass is 32.2. The number of carbonyl (C=O) groups is 1. The Morgan fingerprint density at radius 1 is 1.12 bits per heavy atom. The number of anilines is 1. The van der Waals surface area contributed by atoms with Gasteiger partial charge in [0.15, 0.2) is 11.0 Å². The van der Waals surface area contributed by atoms with Gasteiger partial charge in [0.25, 0.3) is 0 Å². The van der Waals surface area contributed by atoms with Gasteiger partial charge in [-0.3, -0.25) is 4.90 Å². The molecule has 0 aliphatic carbocycles. The van der Waals surface area contributed by atoms with Crippen LogP contribution in [0.3, 0.4) is 0 Å². The first-order valence-electron chi connectivity index (χ1n) is 14.4. The van der Waals surface area contributed by atoms with E-state index in [2.05, 4.69) is 14.9 Å². The summed E-state index contributed by atoms with van der Waals surface area (Å²) >= 11 is 1.34. The number of rotatable bonds is 3. The van der Waals surface area contributed by atoms with Crippen molar-refractivity contribution in [3.63, 3.8) is 0 Å². The number of nitrogens with zero attached hydrogens (tertiary/aromatic N) is 6. The van der Waals surface area contributed by atoms with Crippen molar-refractivity contribution < 1.29 is 23.4 Å². The van der Waals surface area contributed by atoms with Crippen LogP contribution >= 0.6 is 11.8 Å². The number of amides is 1. The van der Waals surface area contributed by atoms with E-state index in [4.69, 9.17) is 24.2 Å². The molecule has 0 unspecified atom stereocenters. The lowest BCUT2D eigenvalue weighted by molar-refractivity contribution is 0.000951. The number of methoxy groups -OCH3 is 1. The third kappa shape index (κ3) is 4.49. The zero-order chi connectivity index (χ0) is 30.2.